The first kappa shape index (κ1) is 15.0. The van der Waals surface area contributed by atoms with Crippen LogP contribution in [-0.4, -0.2) is 4.98 Å². The monoisotopic (exact) mass is 290 g/mol. The Labute approximate surface area is 124 Å². The van der Waals surface area contributed by atoms with E-state index in [1.165, 1.54) is 0 Å². The lowest BCUT2D eigenvalue weighted by molar-refractivity contribution is 0.301. The lowest BCUT2D eigenvalue weighted by atomic mass is 10.1. The van der Waals surface area contributed by atoms with Crippen molar-refractivity contribution in [2.24, 2.45) is 5.73 Å². The molecule has 1 unspecified atom stereocenters. The van der Waals surface area contributed by atoms with Crippen molar-refractivity contribution in [3.05, 3.63) is 45.9 Å². The third kappa shape index (κ3) is 3.81. The molecule has 1 aromatic heterocycles. The molecular weight excluding hydrogens is 268 g/mol. The maximum Gasteiger partial charge on any atom is 0.131 e. The predicted molar refractivity (Wildman–Crippen MR) is 84.2 cm³/mol. The van der Waals surface area contributed by atoms with Gasteiger partial charge in [0, 0.05) is 17.3 Å². The summed E-state index contributed by atoms with van der Waals surface area (Å²) in [7, 11) is 0. The van der Waals surface area contributed by atoms with E-state index in [1.807, 2.05) is 24.3 Å². The first-order valence-electron chi connectivity index (χ1n) is 7.02. The van der Waals surface area contributed by atoms with Crippen molar-refractivity contribution in [3.63, 3.8) is 0 Å². The Balaban J connectivity index is 1.93. The second-order valence-corrected chi connectivity index (χ2v) is 6.09. The average Bonchev–Trinajstić information content (AvgIpc) is 2.94. The van der Waals surface area contributed by atoms with Gasteiger partial charge in [-0.05, 0) is 24.1 Å². The highest BCUT2D eigenvalue weighted by atomic mass is 32.1. The minimum Gasteiger partial charge on any atom is -0.487 e. The highest BCUT2D eigenvalue weighted by Crippen LogP contribution is 2.21. The lowest BCUT2D eigenvalue weighted by Gasteiger charge is -2.10. The van der Waals surface area contributed by atoms with Gasteiger partial charge in [-0.1, -0.05) is 32.9 Å². The molecule has 2 N–H and O–H groups in total. The van der Waals surface area contributed by atoms with E-state index >= 15 is 0 Å². The Bertz CT molecular complexity index is 534. The lowest BCUT2D eigenvalue weighted by Crippen LogP contribution is -2.08. The van der Waals surface area contributed by atoms with Crippen LogP contribution in [0.1, 0.15) is 55.4 Å². The molecule has 0 saturated heterocycles. The number of nitrogens with two attached hydrogens (primary N) is 1. The largest absolute Gasteiger partial charge is 0.487 e. The van der Waals surface area contributed by atoms with Gasteiger partial charge in [0.15, 0.2) is 0 Å². The zero-order valence-electron chi connectivity index (χ0n) is 12.3. The highest BCUT2D eigenvalue weighted by molar-refractivity contribution is 7.09. The topological polar surface area (TPSA) is 48.1 Å². The molecule has 4 heteroatoms. The Morgan fingerprint density at radius 1 is 1.25 bits per heavy atom. The van der Waals surface area contributed by atoms with Crippen LogP contribution in [0.2, 0.25) is 0 Å². The smallest absolute Gasteiger partial charge is 0.131 e. The number of rotatable bonds is 6. The second-order valence-electron chi connectivity index (χ2n) is 5.20. The van der Waals surface area contributed by atoms with Crippen molar-refractivity contribution < 1.29 is 4.74 Å². The number of benzene rings is 1. The summed E-state index contributed by atoms with van der Waals surface area (Å²) in [5.74, 6) is 1.33. The fraction of sp³-hybridized carbons (Fsp3) is 0.438. The quantitative estimate of drug-likeness (QED) is 0.865. The predicted octanol–water partition coefficient (Wildman–Crippen LogP) is 4.26. The molecule has 0 radical (unpaired) electrons. The van der Waals surface area contributed by atoms with E-state index in [2.05, 4.69) is 31.1 Å². The summed E-state index contributed by atoms with van der Waals surface area (Å²) in [6.07, 6.45) is 0.941. The van der Waals surface area contributed by atoms with Crippen LogP contribution in [0.15, 0.2) is 29.6 Å². The fourth-order valence-corrected chi connectivity index (χ4v) is 2.68. The van der Waals surface area contributed by atoms with Crippen LogP contribution < -0.4 is 10.5 Å². The molecule has 1 heterocycles. The highest BCUT2D eigenvalue weighted by Gasteiger charge is 2.07. The molecule has 0 aliphatic heterocycles. The molecule has 1 aromatic carbocycles. The number of hydrogen-bond donors (Lipinski definition) is 1. The molecular formula is C16H22N2OS. The molecule has 108 valence electrons. The van der Waals surface area contributed by atoms with Crippen molar-refractivity contribution in [2.45, 2.75) is 45.8 Å². The molecule has 0 aliphatic rings. The summed E-state index contributed by atoms with van der Waals surface area (Å²) in [5.41, 5.74) is 8.13. The SMILES string of the molecule is CCC(N)c1ccc(OCc2csc(C(C)C)n2)cc1. The number of hydrogen-bond acceptors (Lipinski definition) is 4. The zero-order chi connectivity index (χ0) is 14.5. The van der Waals surface area contributed by atoms with E-state index in [-0.39, 0.29) is 6.04 Å². The Hall–Kier alpha value is -1.39. The zero-order valence-corrected chi connectivity index (χ0v) is 13.1. The first-order chi connectivity index (χ1) is 9.60. The van der Waals surface area contributed by atoms with Gasteiger partial charge in [-0.3, -0.25) is 0 Å². The standard InChI is InChI=1S/C16H22N2OS/c1-4-15(17)12-5-7-14(8-6-12)19-9-13-10-20-16(18-13)11(2)3/h5-8,10-11,15H,4,9,17H2,1-3H3. The van der Waals surface area contributed by atoms with Gasteiger partial charge < -0.3 is 10.5 Å². The minimum atomic E-state index is 0.108. The number of aromatic nitrogens is 1. The van der Waals surface area contributed by atoms with Gasteiger partial charge >= 0.3 is 0 Å². The second kappa shape index (κ2) is 6.86. The Morgan fingerprint density at radius 2 is 1.95 bits per heavy atom. The van der Waals surface area contributed by atoms with Crippen LogP contribution in [0, 0.1) is 0 Å². The number of thiazole rings is 1. The molecule has 0 amide bonds. The summed E-state index contributed by atoms with van der Waals surface area (Å²) in [6.45, 7) is 6.91. The van der Waals surface area contributed by atoms with Crippen molar-refractivity contribution in [2.75, 3.05) is 0 Å². The van der Waals surface area contributed by atoms with Crippen molar-refractivity contribution >= 4 is 11.3 Å². The van der Waals surface area contributed by atoms with Gasteiger partial charge in [-0.15, -0.1) is 11.3 Å². The van der Waals surface area contributed by atoms with Crippen LogP contribution in [-0.2, 0) is 6.61 Å². The van der Waals surface area contributed by atoms with E-state index in [4.69, 9.17) is 10.5 Å². The molecule has 2 rings (SSSR count). The van der Waals surface area contributed by atoms with Crippen LogP contribution in [0.5, 0.6) is 5.75 Å². The van der Waals surface area contributed by atoms with Crippen LogP contribution in [0.4, 0.5) is 0 Å². The third-order valence-corrected chi connectivity index (χ3v) is 4.39. The molecule has 2 aromatic rings. The van der Waals surface area contributed by atoms with E-state index < -0.39 is 0 Å². The molecule has 0 saturated carbocycles. The van der Waals surface area contributed by atoms with E-state index in [0.717, 1.165) is 28.4 Å². The molecule has 0 spiro atoms. The van der Waals surface area contributed by atoms with Crippen LogP contribution >= 0.6 is 11.3 Å². The average molecular weight is 290 g/mol. The van der Waals surface area contributed by atoms with E-state index in [0.29, 0.717) is 12.5 Å². The van der Waals surface area contributed by atoms with Crippen molar-refractivity contribution in [1.82, 2.24) is 4.98 Å². The van der Waals surface area contributed by atoms with Gasteiger partial charge in [0.1, 0.15) is 12.4 Å². The van der Waals surface area contributed by atoms with Crippen LogP contribution in [0.3, 0.4) is 0 Å². The van der Waals surface area contributed by atoms with Gasteiger partial charge in [0.2, 0.25) is 0 Å². The van der Waals surface area contributed by atoms with Gasteiger partial charge in [0.25, 0.3) is 0 Å². The maximum absolute atomic E-state index is 5.99. The Kier molecular flexibility index (Phi) is 5.15. The fourth-order valence-electron chi connectivity index (χ4n) is 1.86. The summed E-state index contributed by atoms with van der Waals surface area (Å²) in [6, 6.07) is 8.12. The van der Waals surface area contributed by atoms with Crippen molar-refractivity contribution in [3.8, 4) is 5.75 Å². The first-order valence-corrected chi connectivity index (χ1v) is 7.90. The molecule has 20 heavy (non-hydrogen) atoms. The summed E-state index contributed by atoms with van der Waals surface area (Å²) >= 11 is 1.69. The van der Waals surface area contributed by atoms with Gasteiger partial charge in [0.05, 0.1) is 10.7 Å². The van der Waals surface area contributed by atoms with Crippen molar-refractivity contribution in [1.29, 1.82) is 0 Å². The minimum absolute atomic E-state index is 0.108. The van der Waals surface area contributed by atoms with E-state index in [1.54, 1.807) is 11.3 Å². The molecule has 1 atom stereocenters. The third-order valence-electron chi connectivity index (χ3n) is 3.20. The van der Waals surface area contributed by atoms with E-state index in [9.17, 15) is 0 Å². The normalized spacial score (nSPS) is 12.7. The molecule has 0 fully saturated rings. The number of ether oxygens (including phenoxy) is 1. The maximum atomic E-state index is 5.99. The number of nitrogens with zero attached hydrogens (tertiary/aromatic N) is 1. The molecule has 0 bridgehead atoms. The molecule has 3 nitrogen and oxygen atoms in total. The molecule has 0 aliphatic carbocycles. The summed E-state index contributed by atoms with van der Waals surface area (Å²) in [4.78, 5) is 4.56. The summed E-state index contributed by atoms with van der Waals surface area (Å²) < 4.78 is 5.76. The van der Waals surface area contributed by atoms with Gasteiger partial charge in [-0.25, -0.2) is 4.98 Å². The Morgan fingerprint density at radius 3 is 2.50 bits per heavy atom. The van der Waals surface area contributed by atoms with Crippen LogP contribution in [0.25, 0.3) is 0 Å². The summed E-state index contributed by atoms with van der Waals surface area (Å²) in [5, 5.41) is 3.23. The van der Waals surface area contributed by atoms with Gasteiger partial charge in [-0.2, -0.15) is 0 Å².